The van der Waals surface area contributed by atoms with Crippen LogP contribution in [-0.2, 0) is 0 Å². The summed E-state index contributed by atoms with van der Waals surface area (Å²) in [5, 5.41) is 0. The van der Waals surface area contributed by atoms with Crippen LogP contribution in [0, 0.1) is 0 Å². The number of carbonyl (C=O) groups excluding carboxylic acids is 1. The quantitative estimate of drug-likeness (QED) is 0.807. The van der Waals surface area contributed by atoms with E-state index >= 15 is 0 Å². The third-order valence-corrected chi connectivity index (χ3v) is 3.65. The largest absolute Gasteiger partial charge is 0.399 e. The van der Waals surface area contributed by atoms with E-state index in [4.69, 9.17) is 5.73 Å². The molecule has 0 saturated carbocycles. The minimum Gasteiger partial charge on any atom is -0.399 e. The molecule has 3 rings (SSSR count). The lowest BCUT2D eigenvalue weighted by molar-refractivity contribution is 0.0987. The zero-order chi connectivity index (χ0) is 14.1. The highest BCUT2D eigenvalue weighted by Gasteiger charge is 2.25. The molecule has 0 atom stereocenters. The first kappa shape index (κ1) is 12.5. The van der Waals surface area contributed by atoms with Gasteiger partial charge < -0.3 is 15.5 Å². The SMILES string of the molecule is CN1CCN(C(=O)c2ccc(N)cc2)c2ccccc21. The second-order valence-electron chi connectivity index (χ2n) is 4.99. The van der Waals surface area contributed by atoms with Gasteiger partial charge in [0.15, 0.2) is 0 Å². The lowest BCUT2D eigenvalue weighted by atomic mass is 10.1. The number of nitrogen functional groups attached to an aromatic ring is 1. The van der Waals surface area contributed by atoms with E-state index in [-0.39, 0.29) is 5.91 Å². The Morgan fingerprint density at radius 1 is 1.00 bits per heavy atom. The molecule has 2 N–H and O–H groups in total. The van der Waals surface area contributed by atoms with Crippen LogP contribution in [0.3, 0.4) is 0 Å². The van der Waals surface area contributed by atoms with Gasteiger partial charge in [-0.25, -0.2) is 0 Å². The molecule has 1 aliphatic heterocycles. The summed E-state index contributed by atoms with van der Waals surface area (Å²) in [6, 6.07) is 15.0. The number of nitrogens with zero attached hydrogens (tertiary/aromatic N) is 2. The Morgan fingerprint density at radius 2 is 1.65 bits per heavy atom. The third kappa shape index (κ3) is 2.09. The molecular formula is C16H17N3O. The lowest BCUT2D eigenvalue weighted by Gasteiger charge is -2.35. The van der Waals surface area contributed by atoms with E-state index in [1.165, 1.54) is 0 Å². The zero-order valence-electron chi connectivity index (χ0n) is 11.4. The Morgan fingerprint density at radius 3 is 2.35 bits per heavy atom. The molecule has 0 radical (unpaired) electrons. The average molecular weight is 267 g/mol. The molecule has 4 nitrogen and oxygen atoms in total. The maximum atomic E-state index is 12.6. The number of likely N-dealkylation sites (N-methyl/N-ethyl adjacent to an activating group) is 1. The predicted octanol–water partition coefficient (Wildman–Crippen LogP) is 2.37. The molecule has 0 spiro atoms. The van der Waals surface area contributed by atoms with Crippen molar-refractivity contribution in [2.75, 3.05) is 35.7 Å². The fourth-order valence-corrected chi connectivity index (χ4v) is 2.50. The fourth-order valence-electron chi connectivity index (χ4n) is 2.50. The van der Waals surface area contributed by atoms with E-state index in [1.54, 1.807) is 24.3 Å². The first-order valence-electron chi connectivity index (χ1n) is 6.64. The van der Waals surface area contributed by atoms with Gasteiger partial charge in [-0.1, -0.05) is 12.1 Å². The first-order valence-corrected chi connectivity index (χ1v) is 6.64. The van der Waals surface area contributed by atoms with Crippen molar-refractivity contribution in [3.8, 4) is 0 Å². The predicted molar refractivity (Wildman–Crippen MR) is 82.2 cm³/mol. The van der Waals surface area contributed by atoms with Gasteiger partial charge in [0, 0.05) is 31.4 Å². The summed E-state index contributed by atoms with van der Waals surface area (Å²) in [5.74, 6) is 0.0190. The van der Waals surface area contributed by atoms with Crippen molar-refractivity contribution in [1.82, 2.24) is 0 Å². The van der Waals surface area contributed by atoms with Gasteiger partial charge in [-0.2, -0.15) is 0 Å². The molecular weight excluding hydrogens is 250 g/mol. The van der Waals surface area contributed by atoms with E-state index in [0.717, 1.165) is 17.9 Å². The molecule has 4 heteroatoms. The summed E-state index contributed by atoms with van der Waals surface area (Å²) in [4.78, 5) is 16.6. The Labute approximate surface area is 118 Å². The third-order valence-electron chi connectivity index (χ3n) is 3.65. The minimum absolute atomic E-state index is 0.0190. The maximum absolute atomic E-state index is 12.6. The molecule has 1 aliphatic rings. The van der Waals surface area contributed by atoms with Gasteiger partial charge >= 0.3 is 0 Å². The van der Waals surface area contributed by atoms with Crippen molar-refractivity contribution >= 4 is 23.0 Å². The Kier molecular flexibility index (Phi) is 3.06. The molecule has 0 aromatic heterocycles. The summed E-state index contributed by atoms with van der Waals surface area (Å²) in [7, 11) is 2.05. The molecule has 20 heavy (non-hydrogen) atoms. The van der Waals surface area contributed by atoms with Gasteiger partial charge in [-0.05, 0) is 36.4 Å². The smallest absolute Gasteiger partial charge is 0.258 e. The van der Waals surface area contributed by atoms with E-state index in [1.807, 2.05) is 36.2 Å². The number of benzene rings is 2. The molecule has 1 amide bonds. The normalized spacial score (nSPS) is 14.1. The van der Waals surface area contributed by atoms with Crippen LogP contribution in [-0.4, -0.2) is 26.0 Å². The van der Waals surface area contributed by atoms with E-state index in [2.05, 4.69) is 4.90 Å². The molecule has 0 aliphatic carbocycles. The van der Waals surface area contributed by atoms with E-state index < -0.39 is 0 Å². The highest BCUT2D eigenvalue weighted by atomic mass is 16.2. The van der Waals surface area contributed by atoms with Gasteiger partial charge in [0.25, 0.3) is 5.91 Å². The number of fused-ring (bicyclic) bond motifs is 1. The Hall–Kier alpha value is -2.49. The molecule has 102 valence electrons. The highest BCUT2D eigenvalue weighted by molar-refractivity contribution is 6.08. The minimum atomic E-state index is 0.0190. The van der Waals surface area contributed by atoms with Gasteiger partial charge in [0.1, 0.15) is 0 Å². The summed E-state index contributed by atoms with van der Waals surface area (Å²) in [5.41, 5.74) is 9.05. The van der Waals surface area contributed by atoms with Crippen LogP contribution in [0.1, 0.15) is 10.4 Å². The average Bonchev–Trinajstić information content (AvgIpc) is 2.48. The maximum Gasteiger partial charge on any atom is 0.258 e. The van der Waals surface area contributed by atoms with Gasteiger partial charge in [0.05, 0.1) is 11.4 Å². The number of nitrogens with two attached hydrogens (primary N) is 1. The number of hydrogen-bond donors (Lipinski definition) is 1. The van der Waals surface area contributed by atoms with Crippen LogP contribution in [0.5, 0.6) is 0 Å². The van der Waals surface area contributed by atoms with E-state index in [9.17, 15) is 4.79 Å². The Balaban J connectivity index is 1.97. The van der Waals surface area contributed by atoms with E-state index in [0.29, 0.717) is 17.8 Å². The number of para-hydroxylation sites is 2. The second-order valence-corrected chi connectivity index (χ2v) is 4.99. The van der Waals surface area contributed by atoms with Crippen LogP contribution >= 0.6 is 0 Å². The first-order chi connectivity index (χ1) is 9.66. The van der Waals surface area contributed by atoms with Crippen LogP contribution in [0.15, 0.2) is 48.5 Å². The van der Waals surface area contributed by atoms with Crippen molar-refractivity contribution in [2.45, 2.75) is 0 Å². The van der Waals surface area contributed by atoms with Gasteiger partial charge in [-0.15, -0.1) is 0 Å². The fraction of sp³-hybridized carbons (Fsp3) is 0.188. The zero-order valence-corrected chi connectivity index (χ0v) is 11.4. The number of rotatable bonds is 1. The number of anilines is 3. The van der Waals surface area contributed by atoms with Crippen LogP contribution in [0.2, 0.25) is 0 Å². The molecule has 1 heterocycles. The van der Waals surface area contributed by atoms with Crippen molar-refractivity contribution < 1.29 is 4.79 Å². The molecule has 2 aromatic rings. The lowest BCUT2D eigenvalue weighted by Crippen LogP contribution is -2.42. The topological polar surface area (TPSA) is 49.6 Å². The Bertz CT molecular complexity index is 636. The van der Waals surface area contributed by atoms with Crippen molar-refractivity contribution in [2.24, 2.45) is 0 Å². The van der Waals surface area contributed by atoms with Crippen molar-refractivity contribution in [3.63, 3.8) is 0 Å². The number of amides is 1. The molecule has 0 unspecified atom stereocenters. The highest BCUT2D eigenvalue weighted by Crippen LogP contribution is 2.32. The summed E-state index contributed by atoms with van der Waals surface area (Å²) < 4.78 is 0. The number of carbonyl (C=O) groups is 1. The summed E-state index contributed by atoms with van der Waals surface area (Å²) in [6.07, 6.45) is 0. The monoisotopic (exact) mass is 267 g/mol. The summed E-state index contributed by atoms with van der Waals surface area (Å²) >= 11 is 0. The van der Waals surface area contributed by atoms with Crippen molar-refractivity contribution in [1.29, 1.82) is 0 Å². The molecule has 0 bridgehead atoms. The van der Waals surface area contributed by atoms with Gasteiger partial charge in [0.2, 0.25) is 0 Å². The van der Waals surface area contributed by atoms with Gasteiger partial charge in [-0.3, -0.25) is 4.79 Å². The molecule has 0 saturated heterocycles. The number of hydrogen-bond acceptors (Lipinski definition) is 3. The van der Waals surface area contributed by atoms with Crippen molar-refractivity contribution in [3.05, 3.63) is 54.1 Å². The molecule has 0 fully saturated rings. The van der Waals surface area contributed by atoms with Crippen LogP contribution < -0.4 is 15.5 Å². The standard InChI is InChI=1S/C16H17N3O/c1-18-10-11-19(15-5-3-2-4-14(15)18)16(20)12-6-8-13(17)9-7-12/h2-9H,10-11,17H2,1H3. The summed E-state index contributed by atoms with van der Waals surface area (Å²) in [6.45, 7) is 1.52. The second kappa shape index (κ2) is 4.89. The molecule has 2 aromatic carbocycles. The van der Waals surface area contributed by atoms with Crippen LogP contribution in [0.4, 0.5) is 17.1 Å². The van der Waals surface area contributed by atoms with Crippen LogP contribution in [0.25, 0.3) is 0 Å².